The molecule has 0 bridgehead atoms. The first kappa shape index (κ1) is 13.3. The molecule has 108 valence electrons. The molecule has 3 heterocycles. The number of aromatic amines is 1. The van der Waals surface area contributed by atoms with Crippen LogP contribution in [-0.4, -0.2) is 39.5 Å². The standard InChI is InChI=1S/C14H14N4O3/c19-13(11-3-5-16-7-11)17-12-9-21-18(14(12)20)8-10-2-1-4-15-6-10/h1-7,12,16H,8-9H2,(H,17,19)/t12-/m1/s1. The third-order valence-corrected chi connectivity index (χ3v) is 3.16. The average molecular weight is 286 g/mol. The highest BCUT2D eigenvalue weighted by molar-refractivity contribution is 5.97. The van der Waals surface area contributed by atoms with Gasteiger partial charge >= 0.3 is 0 Å². The Morgan fingerprint density at radius 3 is 3.14 bits per heavy atom. The van der Waals surface area contributed by atoms with Crippen LogP contribution in [0.25, 0.3) is 0 Å². The van der Waals surface area contributed by atoms with Crippen LogP contribution in [0, 0.1) is 0 Å². The molecule has 1 atom stereocenters. The third-order valence-electron chi connectivity index (χ3n) is 3.16. The lowest BCUT2D eigenvalue weighted by Gasteiger charge is -2.14. The first-order valence-electron chi connectivity index (χ1n) is 6.51. The van der Waals surface area contributed by atoms with Crippen LogP contribution in [0.3, 0.4) is 0 Å². The number of amides is 2. The highest BCUT2D eigenvalue weighted by atomic mass is 16.7. The molecule has 0 saturated carbocycles. The Bertz CT molecular complexity index is 627. The summed E-state index contributed by atoms with van der Waals surface area (Å²) in [7, 11) is 0. The van der Waals surface area contributed by atoms with E-state index in [1.807, 2.05) is 6.07 Å². The van der Waals surface area contributed by atoms with Gasteiger partial charge in [-0.2, -0.15) is 0 Å². The number of nitrogens with one attached hydrogen (secondary N) is 2. The second-order valence-corrected chi connectivity index (χ2v) is 4.66. The summed E-state index contributed by atoms with van der Waals surface area (Å²) in [6, 6.07) is 4.63. The molecule has 0 aliphatic carbocycles. The van der Waals surface area contributed by atoms with Gasteiger partial charge < -0.3 is 10.3 Å². The average Bonchev–Trinajstić information content (AvgIpc) is 3.14. The van der Waals surface area contributed by atoms with E-state index in [1.54, 1.807) is 36.9 Å². The minimum Gasteiger partial charge on any atom is -0.367 e. The van der Waals surface area contributed by atoms with Crippen molar-refractivity contribution in [2.75, 3.05) is 6.61 Å². The van der Waals surface area contributed by atoms with E-state index in [4.69, 9.17) is 4.84 Å². The SMILES string of the molecule is O=C(N[C@@H]1CON(Cc2cccnc2)C1=O)c1cc[nH]c1. The minimum absolute atomic E-state index is 0.134. The maximum Gasteiger partial charge on any atom is 0.271 e. The lowest BCUT2D eigenvalue weighted by Crippen LogP contribution is -2.42. The van der Waals surface area contributed by atoms with Gasteiger partial charge in [-0.1, -0.05) is 6.07 Å². The number of carbonyl (C=O) groups excluding carboxylic acids is 2. The zero-order valence-electron chi connectivity index (χ0n) is 11.2. The van der Waals surface area contributed by atoms with Gasteiger partial charge in [-0.3, -0.25) is 19.4 Å². The first-order valence-corrected chi connectivity index (χ1v) is 6.51. The summed E-state index contributed by atoms with van der Waals surface area (Å²) in [6.07, 6.45) is 6.55. The molecular weight excluding hydrogens is 272 g/mol. The van der Waals surface area contributed by atoms with Crippen molar-refractivity contribution >= 4 is 11.8 Å². The highest BCUT2D eigenvalue weighted by Crippen LogP contribution is 2.13. The van der Waals surface area contributed by atoms with E-state index in [1.165, 1.54) is 5.06 Å². The van der Waals surface area contributed by atoms with Gasteiger partial charge in [-0.05, 0) is 17.7 Å². The molecule has 1 aliphatic heterocycles. The topological polar surface area (TPSA) is 87.3 Å². The van der Waals surface area contributed by atoms with Gasteiger partial charge in [-0.15, -0.1) is 0 Å². The smallest absolute Gasteiger partial charge is 0.271 e. The predicted octanol–water partition coefficient (Wildman–Crippen LogP) is 0.482. The van der Waals surface area contributed by atoms with Crippen molar-refractivity contribution < 1.29 is 14.4 Å². The first-order chi connectivity index (χ1) is 10.2. The van der Waals surface area contributed by atoms with Crippen LogP contribution in [0.2, 0.25) is 0 Å². The fourth-order valence-electron chi connectivity index (χ4n) is 2.06. The Balaban J connectivity index is 1.60. The normalized spacial score (nSPS) is 18.0. The molecule has 7 nitrogen and oxygen atoms in total. The van der Waals surface area contributed by atoms with Crippen molar-refractivity contribution in [3.8, 4) is 0 Å². The summed E-state index contributed by atoms with van der Waals surface area (Å²) in [6.45, 7) is 0.443. The van der Waals surface area contributed by atoms with Crippen molar-refractivity contribution in [1.82, 2.24) is 20.3 Å². The Morgan fingerprint density at radius 1 is 1.52 bits per heavy atom. The number of hydrogen-bond donors (Lipinski definition) is 2. The van der Waals surface area contributed by atoms with E-state index in [2.05, 4.69) is 15.3 Å². The van der Waals surface area contributed by atoms with Gasteiger partial charge in [-0.25, -0.2) is 5.06 Å². The molecule has 0 aromatic carbocycles. The maximum atomic E-state index is 12.2. The number of aromatic nitrogens is 2. The quantitative estimate of drug-likeness (QED) is 0.856. The molecule has 1 aliphatic rings. The van der Waals surface area contributed by atoms with E-state index in [0.717, 1.165) is 5.56 Å². The van der Waals surface area contributed by atoms with Crippen LogP contribution < -0.4 is 5.32 Å². The van der Waals surface area contributed by atoms with Crippen LogP contribution in [0.4, 0.5) is 0 Å². The number of carbonyl (C=O) groups is 2. The molecule has 1 fully saturated rings. The van der Waals surface area contributed by atoms with Crippen molar-refractivity contribution in [1.29, 1.82) is 0 Å². The number of nitrogens with zero attached hydrogens (tertiary/aromatic N) is 2. The van der Waals surface area contributed by atoms with E-state index < -0.39 is 6.04 Å². The van der Waals surface area contributed by atoms with E-state index in [0.29, 0.717) is 12.1 Å². The highest BCUT2D eigenvalue weighted by Gasteiger charge is 2.34. The van der Waals surface area contributed by atoms with Crippen molar-refractivity contribution in [3.63, 3.8) is 0 Å². The summed E-state index contributed by atoms with van der Waals surface area (Å²) in [5, 5.41) is 3.91. The second-order valence-electron chi connectivity index (χ2n) is 4.66. The second kappa shape index (κ2) is 5.76. The Kier molecular flexibility index (Phi) is 3.65. The van der Waals surface area contributed by atoms with Crippen molar-refractivity contribution in [3.05, 3.63) is 54.1 Å². The van der Waals surface area contributed by atoms with Crippen LogP contribution in [-0.2, 0) is 16.2 Å². The van der Waals surface area contributed by atoms with Gasteiger partial charge in [0.25, 0.3) is 11.8 Å². The number of H-pyrrole nitrogens is 1. The molecule has 0 spiro atoms. The summed E-state index contributed by atoms with van der Waals surface area (Å²) >= 11 is 0. The molecule has 0 radical (unpaired) electrons. The molecule has 21 heavy (non-hydrogen) atoms. The lowest BCUT2D eigenvalue weighted by molar-refractivity contribution is -0.164. The maximum absolute atomic E-state index is 12.2. The third kappa shape index (κ3) is 2.92. The Hall–Kier alpha value is -2.67. The predicted molar refractivity (Wildman–Crippen MR) is 72.8 cm³/mol. The fraction of sp³-hybridized carbons (Fsp3) is 0.214. The molecule has 2 aromatic heterocycles. The molecule has 2 N–H and O–H groups in total. The van der Waals surface area contributed by atoms with E-state index >= 15 is 0 Å². The lowest BCUT2D eigenvalue weighted by atomic mass is 10.2. The van der Waals surface area contributed by atoms with Crippen LogP contribution in [0.5, 0.6) is 0 Å². The number of pyridine rings is 1. The summed E-state index contributed by atoms with van der Waals surface area (Å²) < 4.78 is 0. The molecule has 1 saturated heterocycles. The van der Waals surface area contributed by atoms with E-state index in [-0.39, 0.29) is 18.4 Å². The summed E-state index contributed by atoms with van der Waals surface area (Å²) in [5.41, 5.74) is 1.34. The van der Waals surface area contributed by atoms with Crippen LogP contribution >= 0.6 is 0 Å². The zero-order chi connectivity index (χ0) is 14.7. The Morgan fingerprint density at radius 2 is 2.43 bits per heavy atom. The van der Waals surface area contributed by atoms with Crippen LogP contribution in [0.15, 0.2) is 43.0 Å². The van der Waals surface area contributed by atoms with Gasteiger partial charge in [0.2, 0.25) is 0 Å². The Labute approximate surface area is 120 Å². The largest absolute Gasteiger partial charge is 0.367 e. The van der Waals surface area contributed by atoms with Gasteiger partial charge in [0.1, 0.15) is 12.6 Å². The minimum atomic E-state index is -0.663. The number of hydrogen-bond acceptors (Lipinski definition) is 4. The molecule has 0 unspecified atom stereocenters. The van der Waals surface area contributed by atoms with Crippen molar-refractivity contribution in [2.45, 2.75) is 12.6 Å². The molecule has 7 heteroatoms. The number of rotatable bonds is 4. The van der Waals surface area contributed by atoms with Crippen molar-refractivity contribution in [2.24, 2.45) is 0 Å². The monoisotopic (exact) mass is 286 g/mol. The van der Waals surface area contributed by atoms with Gasteiger partial charge in [0.05, 0.1) is 12.1 Å². The fourth-order valence-corrected chi connectivity index (χ4v) is 2.06. The van der Waals surface area contributed by atoms with E-state index in [9.17, 15) is 9.59 Å². The molecule has 2 aromatic rings. The van der Waals surface area contributed by atoms with Crippen LogP contribution in [0.1, 0.15) is 15.9 Å². The number of hydroxylamine groups is 2. The molecular formula is C14H14N4O3. The molecule has 3 rings (SSSR count). The molecule has 2 amide bonds. The zero-order valence-corrected chi connectivity index (χ0v) is 11.2. The summed E-state index contributed by atoms with van der Waals surface area (Å²) in [4.78, 5) is 36.2. The van der Waals surface area contributed by atoms with Gasteiger partial charge in [0, 0.05) is 24.8 Å². The summed E-state index contributed by atoms with van der Waals surface area (Å²) in [5.74, 6) is -0.566. The van der Waals surface area contributed by atoms with Gasteiger partial charge in [0.15, 0.2) is 0 Å².